The van der Waals surface area contributed by atoms with E-state index in [0.29, 0.717) is 12.6 Å². The second-order valence-corrected chi connectivity index (χ2v) is 6.74. The van der Waals surface area contributed by atoms with E-state index in [4.69, 9.17) is 0 Å². The van der Waals surface area contributed by atoms with E-state index < -0.39 is 0 Å². The maximum atomic E-state index is 4.38. The van der Waals surface area contributed by atoms with Crippen LogP contribution in [0.25, 0.3) is 5.69 Å². The van der Waals surface area contributed by atoms with Gasteiger partial charge in [0, 0.05) is 32.0 Å². The van der Waals surface area contributed by atoms with E-state index in [1.165, 1.54) is 12.0 Å². The van der Waals surface area contributed by atoms with Crippen molar-refractivity contribution in [3.63, 3.8) is 0 Å². The van der Waals surface area contributed by atoms with Gasteiger partial charge in [-0.1, -0.05) is 32.0 Å². The standard InChI is InChI=1S/C21H34N6/c1-5-26(6-2)14-9-10-18(3)25-21(22-4)24-16-19-11-7-8-12-20(19)27-15-13-23-17-27/h7-8,11-13,15,17-18H,5-6,9-10,14,16H2,1-4H3,(H2,22,24,25). The van der Waals surface area contributed by atoms with Gasteiger partial charge in [-0.05, 0) is 51.0 Å². The van der Waals surface area contributed by atoms with Gasteiger partial charge in [0.05, 0.1) is 12.0 Å². The molecule has 0 spiro atoms. The van der Waals surface area contributed by atoms with E-state index in [1.807, 2.05) is 30.2 Å². The molecular formula is C21H34N6. The first-order valence-corrected chi connectivity index (χ1v) is 9.93. The number of guanidine groups is 1. The van der Waals surface area contributed by atoms with Crippen LogP contribution in [0.3, 0.4) is 0 Å². The Hall–Kier alpha value is -2.34. The van der Waals surface area contributed by atoms with Gasteiger partial charge in [-0.15, -0.1) is 0 Å². The molecule has 0 fully saturated rings. The van der Waals surface area contributed by atoms with E-state index in [1.54, 1.807) is 6.20 Å². The lowest BCUT2D eigenvalue weighted by molar-refractivity contribution is 0.292. The summed E-state index contributed by atoms with van der Waals surface area (Å²) in [6, 6.07) is 8.72. The molecule has 27 heavy (non-hydrogen) atoms. The highest BCUT2D eigenvalue weighted by molar-refractivity contribution is 5.80. The molecule has 2 rings (SSSR count). The summed E-state index contributed by atoms with van der Waals surface area (Å²) in [5.74, 6) is 0.839. The Labute approximate surface area is 163 Å². The molecule has 6 heteroatoms. The summed E-state index contributed by atoms with van der Waals surface area (Å²) in [5.41, 5.74) is 2.33. The molecule has 148 valence electrons. The molecule has 0 aliphatic carbocycles. The molecule has 2 N–H and O–H groups in total. The Morgan fingerprint density at radius 3 is 2.70 bits per heavy atom. The predicted octanol–water partition coefficient (Wildman–Crippen LogP) is 3.05. The molecule has 0 bridgehead atoms. The fourth-order valence-electron chi connectivity index (χ4n) is 3.15. The lowest BCUT2D eigenvalue weighted by Gasteiger charge is -2.21. The van der Waals surface area contributed by atoms with Crippen LogP contribution in [0.5, 0.6) is 0 Å². The largest absolute Gasteiger partial charge is 0.354 e. The summed E-state index contributed by atoms with van der Waals surface area (Å²) < 4.78 is 2.03. The van der Waals surface area contributed by atoms with Crippen LogP contribution < -0.4 is 10.6 Å². The summed E-state index contributed by atoms with van der Waals surface area (Å²) in [6.07, 6.45) is 7.90. The minimum absolute atomic E-state index is 0.385. The molecule has 1 aromatic heterocycles. The van der Waals surface area contributed by atoms with Crippen molar-refractivity contribution in [3.05, 3.63) is 48.5 Å². The molecule has 0 amide bonds. The molecule has 1 atom stereocenters. The molecule has 2 aromatic rings. The van der Waals surface area contributed by atoms with Crippen molar-refractivity contribution in [2.45, 2.75) is 46.2 Å². The molecule has 0 aliphatic heterocycles. The Bertz CT molecular complexity index is 676. The Balaban J connectivity index is 1.84. The molecule has 6 nitrogen and oxygen atoms in total. The van der Waals surface area contributed by atoms with E-state index in [9.17, 15) is 0 Å². The summed E-state index contributed by atoms with van der Waals surface area (Å²) in [4.78, 5) is 11.0. The lowest BCUT2D eigenvalue weighted by atomic mass is 10.1. The van der Waals surface area contributed by atoms with Gasteiger partial charge in [0.25, 0.3) is 0 Å². The van der Waals surface area contributed by atoms with Crippen LogP contribution in [0.15, 0.2) is 48.0 Å². The van der Waals surface area contributed by atoms with E-state index in [2.05, 4.69) is 64.5 Å². The van der Waals surface area contributed by atoms with Gasteiger partial charge >= 0.3 is 0 Å². The number of para-hydroxylation sites is 1. The fourth-order valence-corrected chi connectivity index (χ4v) is 3.15. The number of hydrogen-bond donors (Lipinski definition) is 2. The van der Waals surface area contributed by atoms with Crippen LogP contribution >= 0.6 is 0 Å². The predicted molar refractivity (Wildman–Crippen MR) is 113 cm³/mol. The number of rotatable bonds is 10. The summed E-state index contributed by atoms with van der Waals surface area (Å²) >= 11 is 0. The van der Waals surface area contributed by atoms with Crippen molar-refractivity contribution >= 4 is 5.96 Å². The number of nitrogens with one attached hydrogen (secondary N) is 2. The van der Waals surface area contributed by atoms with Gasteiger partial charge < -0.3 is 20.1 Å². The van der Waals surface area contributed by atoms with Gasteiger partial charge in [0.15, 0.2) is 5.96 Å². The lowest BCUT2D eigenvalue weighted by Crippen LogP contribution is -2.42. The van der Waals surface area contributed by atoms with Crippen LogP contribution in [0.2, 0.25) is 0 Å². The Morgan fingerprint density at radius 1 is 1.26 bits per heavy atom. The SMILES string of the molecule is CCN(CC)CCCC(C)NC(=NC)NCc1ccccc1-n1ccnc1. The second kappa shape index (κ2) is 11.4. The van der Waals surface area contributed by atoms with Gasteiger partial charge in [-0.2, -0.15) is 0 Å². The smallest absolute Gasteiger partial charge is 0.191 e. The molecule has 1 heterocycles. The highest BCUT2D eigenvalue weighted by Gasteiger charge is 2.08. The fraction of sp³-hybridized carbons (Fsp3) is 0.524. The number of benzene rings is 1. The molecule has 0 saturated carbocycles. The number of aliphatic imine (C=N–C) groups is 1. The first-order chi connectivity index (χ1) is 13.2. The first-order valence-electron chi connectivity index (χ1n) is 9.93. The van der Waals surface area contributed by atoms with Crippen molar-refractivity contribution in [3.8, 4) is 5.69 Å². The van der Waals surface area contributed by atoms with Crippen molar-refractivity contribution in [2.75, 3.05) is 26.7 Å². The molecule has 0 aliphatic rings. The second-order valence-electron chi connectivity index (χ2n) is 6.74. The topological polar surface area (TPSA) is 57.5 Å². The van der Waals surface area contributed by atoms with Crippen LogP contribution in [-0.2, 0) is 6.54 Å². The number of aromatic nitrogens is 2. The molecule has 0 radical (unpaired) electrons. The average Bonchev–Trinajstić information content (AvgIpc) is 3.23. The zero-order chi connectivity index (χ0) is 19.5. The third-order valence-electron chi connectivity index (χ3n) is 4.83. The van der Waals surface area contributed by atoms with Gasteiger partial charge in [-0.3, -0.25) is 4.99 Å². The highest BCUT2D eigenvalue weighted by Crippen LogP contribution is 2.13. The van der Waals surface area contributed by atoms with E-state index in [0.717, 1.165) is 37.7 Å². The molecule has 0 saturated heterocycles. The Kier molecular flexibility index (Phi) is 8.84. The normalized spacial score (nSPS) is 13.0. The number of hydrogen-bond acceptors (Lipinski definition) is 3. The minimum Gasteiger partial charge on any atom is -0.354 e. The molecule has 1 unspecified atom stereocenters. The van der Waals surface area contributed by atoms with E-state index >= 15 is 0 Å². The third-order valence-corrected chi connectivity index (χ3v) is 4.83. The van der Waals surface area contributed by atoms with Crippen molar-refractivity contribution in [2.24, 2.45) is 4.99 Å². The maximum Gasteiger partial charge on any atom is 0.191 e. The number of imidazole rings is 1. The molecule has 1 aromatic carbocycles. The third kappa shape index (κ3) is 6.71. The van der Waals surface area contributed by atoms with Crippen LogP contribution in [0.1, 0.15) is 39.2 Å². The van der Waals surface area contributed by atoms with Crippen LogP contribution in [0, 0.1) is 0 Å². The van der Waals surface area contributed by atoms with E-state index in [-0.39, 0.29) is 0 Å². The van der Waals surface area contributed by atoms with Gasteiger partial charge in [0.2, 0.25) is 0 Å². The minimum atomic E-state index is 0.385. The van der Waals surface area contributed by atoms with Crippen molar-refractivity contribution in [1.29, 1.82) is 0 Å². The number of nitrogens with zero attached hydrogens (tertiary/aromatic N) is 4. The highest BCUT2D eigenvalue weighted by atomic mass is 15.2. The molecular weight excluding hydrogens is 336 g/mol. The first kappa shape index (κ1) is 21.0. The van der Waals surface area contributed by atoms with Crippen molar-refractivity contribution in [1.82, 2.24) is 25.1 Å². The average molecular weight is 371 g/mol. The maximum absolute atomic E-state index is 4.38. The Morgan fingerprint density at radius 2 is 2.04 bits per heavy atom. The quantitative estimate of drug-likeness (QED) is 0.499. The zero-order valence-electron chi connectivity index (χ0n) is 17.2. The van der Waals surface area contributed by atoms with Crippen molar-refractivity contribution < 1.29 is 0 Å². The van der Waals surface area contributed by atoms with Gasteiger partial charge in [0.1, 0.15) is 0 Å². The van der Waals surface area contributed by atoms with Crippen LogP contribution in [0.4, 0.5) is 0 Å². The summed E-state index contributed by atoms with van der Waals surface area (Å²) in [5, 5.41) is 6.94. The van der Waals surface area contributed by atoms with Gasteiger partial charge in [-0.25, -0.2) is 4.98 Å². The monoisotopic (exact) mass is 370 g/mol. The summed E-state index contributed by atoms with van der Waals surface area (Å²) in [6.45, 7) is 10.8. The van der Waals surface area contributed by atoms with Crippen LogP contribution in [-0.4, -0.2) is 53.1 Å². The zero-order valence-corrected chi connectivity index (χ0v) is 17.2. The summed E-state index contributed by atoms with van der Waals surface area (Å²) in [7, 11) is 1.82.